The van der Waals surface area contributed by atoms with Gasteiger partial charge in [0.05, 0.1) is 6.42 Å². The van der Waals surface area contributed by atoms with E-state index in [2.05, 4.69) is 20.3 Å². The van der Waals surface area contributed by atoms with Crippen molar-refractivity contribution in [2.24, 2.45) is 5.92 Å². The lowest BCUT2D eigenvalue weighted by Gasteiger charge is -2.32. The molecule has 1 amide bonds. The van der Waals surface area contributed by atoms with Crippen LogP contribution in [-0.4, -0.2) is 52.4 Å². The zero-order chi connectivity index (χ0) is 19.2. The fourth-order valence-electron chi connectivity index (χ4n) is 3.54. The number of nitrogens with zero attached hydrogens (tertiary/aromatic N) is 3. The predicted octanol–water partition coefficient (Wildman–Crippen LogP) is 1.53. The van der Waals surface area contributed by atoms with Crippen LogP contribution in [0.2, 0.25) is 0 Å². The van der Waals surface area contributed by atoms with Gasteiger partial charge in [-0.15, -0.1) is 0 Å². The highest BCUT2D eigenvalue weighted by atomic mass is 16.2. The number of likely N-dealkylation sites (tertiary alicyclic amines) is 1. The molecule has 0 spiro atoms. The summed E-state index contributed by atoms with van der Waals surface area (Å²) < 4.78 is 0. The summed E-state index contributed by atoms with van der Waals surface area (Å²) in [5, 5.41) is 3.18. The minimum absolute atomic E-state index is 0.00611. The number of hydrogen-bond acceptors (Lipinski definition) is 5. The molecule has 7 heteroatoms. The lowest BCUT2D eigenvalue weighted by Crippen LogP contribution is -2.40. The van der Waals surface area contributed by atoms with Crippen molar-refractivity contribution in [2.45, 2.75) is 32.6 Å². The lowest BCUT2D eigenvalue weighted by molar-refractivity contribution is -0.131. The molecule has 2 aromatic heterocycles. The number of carbonyl (C=O) groups excluding carboxylic acids is 1. The third-order valence-electron chi connectivity index (χ3n) is 5.26. The molecule has 1 fully saturated rings. The summed E-state index contributed by atoms with van der Waals surface area (Å²) in [6.07, 6.45) is 6.63. The highest BCUT2D eigenvalue weighted by Crippen LogP contribution is 2.21. The first-order valence-corrected chi connectivity index (χ1v) is 9.51. The topological polar surface area (TPSA) is 91.0 Å². The fraction of sp³-hybridized carbons (Fsp3) is 0.500. The van der Waals surface area contributed by atoms with Crippen molar-refractivity contribution < 1.29 is 4.79 Å². The van der Waals surface area contributed by atoms with Gasteiger partial charge in [0.25, 0.3) is 5.56 Å². The van der Waals surface area contributed by atoms with E-state index in [0.29, 0.717) is 23.0 Å². The van der Waals surface area contributed by atoms with E-state index in [0.717, 1.165) is 44.5 Å². The Hall–Kier alpha value is -2.54. The molecule has 1 aliphatic heterocycles. The van der Waals surface area contributed by atoms with E-state index in [-0.39, 0.29) is 17.9 Å². The van der Waals surface area contributed by atoms with Crippen LogP contribution in [0.3, 0.4) is 0 Å². The first-order chi connectivity index (χ1) is 13.1. The highest BCUT2D eigenvalue weighted by molar-refractivity contribution is 5.79. The average Bonchev–Trinajstić information content (AvgIpc) is 2.70. The van der Waals surface area contributed by atoms with Crippen molar-refractivity contribution in [3.63, 3.8) is 0 Å². The Morgan fingerprint density at radius 3 is 2.78 bits per heavy atom. The van der Waals surface area contributed by atoms with Gasteiger partial charge in [-0.3, -0.25) is 14.6 Å². The maximum absolute atomic E-state index is 12.7. The minimum Gasteiger partial charge on any atom is -0.342 e. The number of amides is 1. The summed E-state index contributed by atoms with van der Waals surface area (Å²) in [5.74, 6) is 1.16. The first-order valence-electron chi connectivity index (χ1n) is 9.51. The molecule has 3 heterocycles. The van der Waals surface area contributed by atoms with E-state index in [9.17, 15) is 9.59 Å². The van der Waals surface area contributed by atoms with E-state index in [4.69, 9.17) is 0 Å². The van der Waals surface area contributed by atoms with Crippen LogP contribution in [0.15, 0.2) is 29.3 Å². The van der Waals surface area contributed by atoms with Gasteiger partial charge in [0.15, 0.2) is 0 Å². The van der Waals surface area contributed by atoms with Crippen molar-refractivity contribution in [3.05, 3.63) is 46.1 Å². The summed E-state index contributed by atoms with van der Waals surface area (Å²) in [5.41, 5.74) is 1.54. The second-order valence-electron chi connectivity index (χ2n) is 7.11. The maximum Gasteiger partial charge on any atom is 0.255 e. The number of piperidine rings is 1. The Kier molecular flexibility index (Phi) is 6.34. The van der Waals surface area contributed by atoms with Crippen LogP contribution in [0.25, 0.3) is 11.4 Å². The van der Waals surface area contributed by atoms with Crippen LogP contribution in [-0.2, 0) is 11.2 Å². The molecule has 144 valence electrons. The van der Waals surface area contributed by atoms with Crippen LogP contribution in [0.1, 0.15) is 30.5 Å². The molecule has 0 unspecified atom stereocenters. The summed E-state index contributed by atoms with van der Waals surface area (Å²) in [6.45, 7) is 4.33. The van der Waals surface area contributed by atoms with E-state index >= 15 is 0 Å². The molecular formula is C20H27N5O2. The number of hydrogen-bond donors (Lipinski definition) is 2. The second kappa shape index (κ2) is 8.90. The maximum atomic E-state index is 12.7. The van der Waals surface area contributed by atoms with Crippen molar-refractivity contribution in [1.82, 2.24) is 25.2 Å². The number of aromatic amines is 1. The molecular weight excluding hydrogens is 342 g/mol. The molecule has 2 N–H and O–H groups in total. The second-order valence-corrected chi connectivity index (χ2v) is 7.11. The van der Waals surface area contributed by atoms with Gasteiger partial charge in [0.1, 0.15) is 5.82 Å². The molecule has 1 saturated heterocycles. The first kappa shape index (κ1) is 19.2. The Morgan fingerprint density at radius 1 is 1.37 bits per heavy atom. The molecule has 0 radical (unpaired) electrons. The number of aryl methyl sites for hydroxylation is 1. The van der Waals surface area contributed by atoms with E-state index in [1.165, 1.54) is 0 Å². The van der Waals surface area contributed by atoms with Crippen LogP contribution in [0, 0.1) is 12.8 Å². The number of aromatic nitrogens is 3. The third kappa shape index (κ3) is 4.80. The highest BCUT2D eigenvalue weighted by Gasteiger charge is 2.24. The number of nitrogens with one attached hydrogen (secondary N) is 2. The van der Waals surface area contributed by atoms with E-state index in [1.54, 1.807) is 25.4 Å². The normalized spacial score (nSPS) is 15.1. The molecule has 27 heavy (non-hydrogen) atoms. The van der Waals surface area contributed by atoms with Gasteiger partial charge >= 0.3 is 0 Å². The number of carbonyl (C=O) groups is 1. The predicted molar refractivity (Wildman–Crippen MR) is 104 cm³/mol. The summed E-state index contributed by atoms with van der Waals surface area (Å²) in [4.78, 5) is 38.4. The van der Waals surface area contributed by atoms with Crippen molar-refractivity contribution in [3.8, 4) is 11.4 Å². The van der Waals surface area contributed by atoms with Crippen molar-refractivity contribution >= 4 is 5.91 Å². The van der Waals surface area contributed by atoms with E-state index in [1.807, 2.05) is 18.0 Å². The zero-order valence-electron chi connectivity index (χ0n) is 16.0. The van der Waals surface area contributed by atoms with Crippen molar-refractivity contribution in [2.75, 3.05) is 26.7 Å². The minimum atomic E-state index is -0.251. The molecule has 2 aromatic rings. The van der Waals surface area contributed by atoms with Crippen LogP contribution in [0.5, 0.6) is 0 Å². The Balaban J connectivity index is 1.66. The standard InChI is InChI=1S/C20H27N5O2/c1-14-17(20(27)24-19(23-14)16-4-3-8-22-13-16)12-18(26)25-10-6-15(7-11-25)5-9-21-2/h3-4,8,13,15,21H,5-7,9-12H2,1-2H3,(H,23,24,27). The van der Waals surface area contributed by atoms with Crippen molar-refractivity contribution in [1.29, 1.82) is 0 Å². The van der Waals surface area contributed by atoms with Gasteiger partial charge in [-0.2, -0.15) is 0 Å². The zero-order valence-corrected chi connectivity index (χ0v) is 16.0. The summed E-state index contributed by atoms with van der Waals surface area (Å²) >= 11 is 0. The van der Waals surface area contributed by atoms with Gasteiger partial charge in [0, 0.05) is 42.3 Å². The number of H-pyrrole nitrogens is 1. The van der Waals surface area contributed by atoms with Crippen LogP contribution < -0.4 is 10.9 Å². The number of rotatable bonds is 6. The van der Waals surface area contributed by atoms with Crippen LogP contribution in [0.4, 0.5) is 0 Å². The largest absolute Gasteiger partial charge is 0.342 e. The summed E-state index contributed by atoms with van der Waals surface area (Å²) in [7, 11) is 1.96. The van der Waals surface area contributed by atoms with Gasteiger partial charge in [0.2, 0.25) is 5.91 Å². The molecule has 0 aromatic carbocycles. The van der Waals surface area contributed by atoms with Gasteiger partial charge in [-0.05, 0) is 57.8 Å². The average molecular weight is 369 g/mol. The van der Waals surface area contributed by atoms with Crippen LogP contribution >= 0.6 is 0 Å². The lowest BCUT2D eigenvalue weighted by atomic mass is 9.93. The quantitative estimate of drug-likeness (QED) is 0.806. The fourth-order valence-corrected chi connectivity index (χ4v) is 3.54. The van der Waals surface area contributed by atoms with Gasteiger partial charge in [-0.1, -0.05) is 0 Å². The Bertz CT molecular complexity index is 826. The SMILES string of the molecule is CNCCC1CCN(C(=O)Cc2c(C)nc(-c3cccnc3)[nH]c2=O)CC1. The third-order valence-corrected chi connectivity index (χ3v) is 5.26. The monoisotopic (exact) mass is 369 g/mol. The molecule has 0 saturated carbocycles. The Labute approximate surface area is 159 Å². The molecule has 0 aliphatic carbocycles. The molecule has 7 nitrogen and oxygen atoms in total. The molecule has 3 rings (SSSR count). The molecule has 1 aliphatic rings. The molecule has 0 bridgehead atoms. The van der Waals surface area contributed by atoms with Gasteiger partial charge < -0.3 is 15.2 Å². The summed E-state index contributed by atoms with van der Waals surface area (Å²) in [6, 6.07) is 3.63. The smallest absolute Gasteiger partial charge is 0.255 e. The number of pyridine rings is 1. The molecule has 0 atom stereocenters. The Morgan fingerprint density at radius 2 is 2.15 bits per heavy atom. The van der Waals surface area contributed by atoms with Gasteiger partial charge in [-0.25, -0.2) is 4.98 Å². The van der Waals surface area contributed by atoms with E-state index < -0.39 is 0 Å².